The number of hydrogen-bond donors (Lipinski definition) is 1. The second-order valence-corrected chi connectivity index (χ2v) is 4.36. The van der Waals surface area contributed by atoms with E-state index in [1.54, 1.807) is 7.11 Å². The van der Waals surface area contributed by atoms with Crippen LogP contribution in [0.25, 0.3) is 0 Å². The van der Waals surface area contributed by atoms with Gasteiger partial charge >= 0.3 is 0 Å². The number of rotatable bonds is 6. The summed E-state index contributed by atoms with van der Waals surface area (Å²) in [6, 6.07) is 2.37. The maximum absolute atomic E-state index is 9.10. The van der Waals surface area contributed by atoms with Gasteiger partial charge in [0, 0.05) is 13.7 Å². The summed E-state index contributed by atoms with van der Waals surface area (Å²) in [5.74, 6) is 0.759. The summed E-state index contributed by atoms with van der Waals surface area (Å²) >= 11 is 0. The fourth-order valence-electron chi connectivity index (χ4n) is 1.86. The van der Waals surface area contributed by atoms with Gasteiger partial charge in [0.15, 0.2) is 0 Å². The second-order valence-electron chi connectivity index (χ2n) is 4.36. The average molecular weight is 196 g/mol. The van der Waals surface area contributed by atoms with Gasteiger partial charge in [-0.3, -0.25) is 5.32 Å². The van der Waals surface area contributed by atoms with Gasteiger partial charge in [-0.05, 0) is 19.3 Å². The Hall–Kier alpha value is -0.590. The van der Waals surface area contributed by atoms with Crippen molar-refractivity contribution in [3.63, 3.8) is 0 Å². The third-order valence-corrected chi connectivity index (χ3v) is 2.99. The third kappa shape index (κ3) is 3.28. The van der Waals surface area contributed by atoms with Gasteiger partial charge in [0.05, 0.1) is 12.7 Å². The van der Waals surface area contributed by atoms with E-state index in [-0.39, 0.29) is 5.54 Å². The topological polar surface area (TPSA) is 45.0 Å². The van der Waals surface area contributed by atoms with E-state index in [0.717, 1.165) is 18.9 Å². The average Bonchev–Trinajstić information content (AvgIpc) is 2.12. The minimum atomic E-state index is -0.358. The van der Waals surface area contributed by atoms with Crippen molar-refractivity contribution in [1.82, 2.24) is 5.32 Å². The van der Waals surface area contributed by atoms with Gasteiger partial charge in [-0.1, -0.05) is 19.3 Å². The summed E-state index contributed by atoms with van der Waals surface area (Å²) < 4.78 is 4.96. The molecule has 1 atom stereocenters. The molecule has 0 heterocycles. The SMILES string of the molecule is COCCNC(C)(C#N)CC1CCC1. The highest BCUT2D eigenvalue weighted by molar-refractivity contribution is 5.05. The first kappa shape index (κ1) is 11.5. The smallest absolute Gasteiger partial charge is 0.104 e. The Morgan fingerprint density at radius 3 is 2.71 bits per heavy atom. The van der Waals surface area contributed by atoms with Crippen molar-refractivity contribution in [2.45, 2.75) is 38.1 Å². The van der Waals surface area contributed by atoms with E-state index in [2.05, 4.69) is 11.4 Å². The van der Waals surface area contributed by atoms with Crippen LogP contribution in [0.3, 0.4) is 0 Å². The minimum absolute atomic E-state index is 0.358. The summed E-state index contributed by atoms with van der Waals surface area (Å²) in [5, 5.41) is 12.4. The molecule has 0 aliphatic heterocycles. The first-order valence-electron chi connectivity index (χ1n) is 5.35. The molecule has 80 valence electrons. The van der Waals surface area contributed by atoms with E-state index in [1.807, 2.05) is 6.92 Å². The van der Waals surface area contributed by atoms with Gasteiger partial charge in [0.25, 0.3) is 0 Å². The Morgan fingerprint density at radius 2 is 2.29 bits per heavy atom. The zero-order valence-electron chi connectivity index (χ0n) is 9.18. The van der Waals surface area contributed by atoms with E-state index in [4.69, 9.17) is 10.00 Å². The van der Waals surface area contributed by atoms with Crippen LogP contribution in [0.2, 0.25) is 0 Å². The summed E-state index contributed by atoms with van der Waals surface area (Å²) in [4.78, 5) is 0. The van der Waals surface area contributed by atoms with Gasteiger partial charge in [-0.15, -0.1) is 0 Å². The molecule has 1 N–H and O–H groups in total. The summed E-state index contributed by atoms with van der Waals surface area (Å²) in [6.07, 6.45) is 4.91. The molecule has 0 saturated heterocycles. The molecule has 1 saturated carbocycles. The number of nitriles is 1. The van der Waals surface area contributed by atoms with Crippen LogP contribution in [-0.4, -0.2) is 25.8 Å². The van der Waals surface area contributed by atoms with Gasteiger partial charge in [0.1, 0.15) is 5.54 Å². The molecule has 3 nitrogen and oxygen atoms in total. The van der Waals surface area contributed by atoms with Crippen LogP contribution < -0.4 is 5.32 Å². The van der Waals surface area contributed by atoms with Crippen LogP contribution in [-0.2, 0) is 4.74 Å². The van der Waals surface area contributed by atoms with Crippen LogP contribution >= 0.6 is 0 Å². The molecule has 3 heteroatoms. The van der Waals surface area contributed by atoms with Crippen LogP contribution in [0.15, 0.2) is 0 Å². The second kappa shape index (κ2) is 5.33. The molecule has 0 amide bonds. The Morgan fingerprint density at radius 1 is 1.57 bits per heavy atom. The van der Waals surface area contributed by atoms with Crippen molar-refractivity contribution in [1.29, 1.82) is 5.26 Å². The quantitative estimate of drug-likeness (QED) is 0.658. The van der Waals surface area contributed by atoms with Crippen molar-refractivity contribution >= 4 is 0 Å². The highest BCUT2D eigenvalue weighted by atomic mass is 16.5. The standard InChI is InChI=1S/C11H20N2O/c1-11(9-12,13-6-7-14-2)8-10-4-3-5-10/h10,13H,3-8H2,1-2H3. The zero-order chi connectivity index (χ0) is 10.4. The molecule has 0 bridgehead atoms. The molecule has 0 aromatic heterocycles. The molecular formula is C11H20N2O. The fraction of sp³-hybridized carbons (Fsp3) is 0.909. The molecule has 0 radical (unpaired) electrons. The van der Waals surface area contributed by atoms with Crippen molar-refractivity contribution in [2.24, 2.45) is 5.92 Å². The normalized spacial score (nSPS) is 20.9. The van der Waals surface area contributed by atoms with Gasteiger partial charge in [0.2, 0.25) is 0 Å². The zero-order valence-corrected chi connectivity index (χ0v) is 9.18. The first-order valence-corrected chi connectivity index (χ1v) is 5.35. The molecule has 0 aromatic rings. The molecule has 1 rings (SSSR count). The maximum Gasteiger partial charge on any atom is 0.104 e. The van der Waals surface area contributed by atoms with Crippen molar-refractivity contribution < 1.29 is 4.74 Å². The van der Waals surface area contributed by atoms with E-state index in [0.29, 0.717) is 6.61 Å². The van der Waals surface area contributed by atoms with Crippen LogP contribution in [0.5, 0.6) is 0 Å². The molecule has 1 aliphatic rings. The van der Waals surface area contributed by atoms with Gasteiger partial charge in [-0.25, -0.2) is 0 Å². The molecule has 1 unspecified atom stereocenters. The Labute approximate surface area is 86.4 Å². The molecular weight excluding hydrogens is 176 g/mol. The van der Waals surface area contributed by atoms with Crippen molar-refractivity contribution in [3.05, 3.63) is 0 Å². The highest BCUT2D eigenvalue weighted by Gasteiger charge is 2.30. The van der Waals surface area contributed by atoms with E-state index < -0.39 is 0 Å². The Balaban J connectivity index is 2.28. The van der Waals surface area contributed by atoms with Crippen LogP contribution in [0, 0.1) is 17.2 Å². The van der Waals surface area contributed by atoms with Gasteiger partial charge in [-0.2, -0.15) is 5.26 Å². The lowest BCUT2D eigenvalue weighted by molar-refractivity contribution is 0.180. The molecule has 14 heavy (non-hydrogen) atoms. The number of methoxy groups -OCH3 is 1. The Kier molecular flexibility index (Phi) is 4.37. The van der Waals surface area contributed by atoms with Crippen molar-refractivity contribution in [2.75, 3.05) is 20.3 Å². The highest BCUT2D eigenvalue weighted by Crippen LogP contribution is 2.33. The minimum Gasteiger partial charge on any atom is -0.383 e. The predicted molar refractivity (Wildman–Crippen MR) is 55.9 cm³/mol. The fourth-order valence-corrected chi connectivity index (χ4v) is 1.86. The van der Waals surface area contributed by atoms with Crippen LogP contribution in [0.1, 0.15) is 32.6 Å². The lowest BCUT2D eigenvalue weighted by Crippen LogP contribution is -2.44. The molecule has 0 spiro atoms. The van der Waals surface area contributed by atoms with E-state index >= 15 is 0 Å². The largest absolute Gasteiger partial charge is 0.383 e. The summed E-state index contributed by atoms with van der Waals surface area (Å²) in [7, 11) is 1.68. The molecule has 0 aromatic carbocycles. The monoisotopic (exact) mass is 196 g/mol. The summed E-state index contributed by atoms with van der Waals surface area (Å²) in [5.41, 5.74) is -0.358. The number of nitrogens with one attached hydrogen (secondary N) is 1. The van der Waals surface area contributed by atoms with Gasteiger partial charge < -0.3 is 4.74 Å². The maximum atomic E-state index is 9.10. The number of nitrogens with zero attached hydrogens (tertiary/aromatic N) is 1. The molecule has 1 fully saturated rings. The molecule has 1 aliphatic carbocycles. The lowest BCUT2D eigenvalue weighted by Gasteiger charge is -2.33. The third-order valence-electron chi connectivity index (χ3n) is 2.99. The summed E-state index contributed by atoms with van der Waals surface area (Å²) in [6.45, 7) is 3.41. The number of hydrogen-bond acceptors (Lipinski definition) is 3. The predicted octanol–water partition coefficient (Wildman–Crippen LogP) is 1.69. The van der Waals surface area contributed by atoms with Crippen molar-refractivity contribution in [3.8, 4) is 6.07 Å². The lowest BCUT2D eigenvalue weighted by atomic mass is 9.77. The van der Waals surface area contributed by atoms with E-state index in [9.17, 15) is 0 Å². The Bertz CT molecular complexity index is 208. The number of ether oxygens (including phenoxy) is 1. The first-order chi connectivity index (χ1) is 6.70. The van der Waals surface area contributed by atoms with E-state index in [1.165, 1.54) is 19.3 Å². The van der Waals surface area contributed by atoms with Crippen LogP contribution in [0.4, 0.5) is 0 Å².